The minimum atomic E-state index is 0.129. The molecule has 1 aromatic heterocycles. The van der Waals surface area contributed by atoms with Crippen LogP contribution in [0.2, 0.25) is 0 Å². The first-order valence-corrected chi connectivity index (χ1v) is 7.10. The van der Waals surface area contributed by atoms with Crippen LogP contribution in [0.25, 0.3) is 0 Å². The Hall–Kier alpha value is -0.900. The summed E-state index contributed by atoms with van der Waals surface area (Å²) in [6, 6.07) is 0.567. The normalized spacial score (nSPS) is 25.3. The fraction of sp³-hybridized carbons (Fsp3) is 0.857. The van der Waals surface area contributed by atoms with Crippen LogP contribution in [0.4, 0.5) is 0 Å². The maximum atomic E-state index is 4.29. The molecule has 0 bridgehead atoms. The molecular weight excluding hydrogens is 224 g/mol. The monoisotopic (exact) mass is 250 g/mol. The van der Waals surface area contributed by atoms with Gasteiger partial charge in [0.05, 0.1) is 17.9 Å². The van der Waals surface area contributed by atoms with Crippen LogP contribution in [0.3, 0.4) is 0 Å². The Labute approximate surface area is 110 Å². The van der Waals surface area contributed by atoms with E-state index in [4.69, 9.17) is 0 Å². The third-order valence-corrected chi connectivity index (χ3v) is 3.72. The lowest BCUT2D eigenvalue weighted by Crippen LogP contribution is -2.35. The number of aromatic nitrogens is 3. The van der Waals surface area contributed by atoms with Crippen LogP contribution in [0, 0.1) is 5.92 Å². The van der Waals surface area contributed by atoms with E-state index in [2.05, 4.69) is 54.2 Å². The SMILES string of the molecule is CC1CCC(n2cc(CNC(C)(C)C)nn2)CC1. The second-order valence-corrected chi connectivity index (χ2v) is 6.71. The molecule has 4 heteroatoms. The van der Waals surface area contributed by atoms with Crippen molar-refractivity contribution in [1.29, 1.82) is 0 Å². The van der Waals surface area contributed by atoms with Gasteiger partial charge in [-0.25, -0.2) is 4.68 Å². The molecule has 1 aliphatic carbocycles. The van der Waals surface area contributed by atoms with Gasteiger partial charge < -0.3 is 5.32 Å². The predicted molar refractivity (Wildman–Crippen MR) is 73.3 cm³/mol. The largest absolute Gasteiger partial charge is 0.306 e. The van der Waals surface area contributed by atoms with Crippen LogP contribution in [-0.4, -0.2) is 20.5 Å². The van der Waals surface area contributed by atoms with E-state index in [1.165, 1.54) is 25.7 Å². The predicted octanol–water partition coefficient (Wildman–Crippen LogP) is 2.92. The minimum Gasteiger partial charge on any atom is -0.306 e. The van der Waals surface area contributed by atoms with Crippen molar-refractivity contribution in [1.82, 2.24) is 20.3 Å². The number of nitrogens with zero attached hydrogens (tertiary/aromatic N) is 3. The van der Waals surface area contributed by atoms with E-state index in [9.17, 15) is 0 Å². The summed E-state index contributed by atoms with van der Waals surface area (Å²) < 4.78 is 2.07. The molecule has 1 heterocycles. The molecule has 1 N–H and O–H groups in total. The maximum Gasteiger partial charge on any atom is 0.0965 e. The summed E-state index contributed by atoms with van der Waals surface area (Å²) in [5, 5.41) is 12.0. The molecule has 0 atom stereocenters. The Bertz CT molecular complexity index is 369. The van der Waals surface area contributed by atoms with Gasteiger partial charge in [0.25, 0.3) is 0 Å². The van der Waals surface area contributed by atoms with Crippen molar-refractivity contribution < 1.29 is 0 Å². The Morgan fingerprint density at radius 3 is 2.56 bits per heavy atom. The summed E-state index contributed by atoms with van der Waals surface area (Å²) in [6.07, 6.45) is 7.24. The lowest BCUT2D eigenvalue weighted by molar-refractivity contribution is 0.270. The summed E-state index contributed by atoms with van der Waals surface area (Å²) in [5.74, 6) is 0.881. The van der Waals surface area contributed by atoms with Crippen LogP contribution >= 0.6 is 0 Å². The van der Waals surface area contributed by atoms with Gasteiger partial charge in [-0.15, -0.1) is 5.10 Å². The molecule has 2 rings (SSSR count). The van der Waals surface area contributed by atoms with E-state index in [0.29, 0.717) is 6.04 Å². The second-order valence-electron chi connectivity index (χ2n) is 6.71. The quantitative estimate of drug-likeness (QED) is 0.897. The van der Waals surface area contributed by atoms with E-state index in [-0.39, 0.29) is 5.54 Å². The summed E-state index contributed by atoms with van der Waals surface area (Å²) in [7, 11) is 0. The van der Waals surface area contributed by atoms with Gasteiger partial charge in [-0.1, -0.05) is 12.1 Å². The lowest BCUT2D eigenvalue weighted by Gasteiger charge is -2.25. The first-order chi connectivity index (χ1) is 8.44. The van der Waals surface area contributed by atoms with E-state index < -0.39 is 0 Å². The summed E-state index contributed by atoms with van der Waals surface area (Å²) in [5.41, 5.74) is 1.17. The van der Waals surface area contributed by atoms with E-state index >= 15 is 0 Å². The Morgan fingerprint density at radius 2 is 1.94 bits per heavy atom. The summed E-state index contributed by atoms with van der Waals surface area (Å²) in [4.78, 5) is 0. The van der Waals surface area contributed by atoms with Gasteiger partial charge in [-0.3, -0.25) is 0 Å². The van der Waals surface area contributed by atoms with Gasteiger partial charge in [0.2, 0.25) is 0 Å². The third kappa shape index (κ3) is 3.80. The Morgan fingerprint density at radius 1 is 1.28 bits per heavy atom. The topological polar surface area (TPSA) is 42.7 Å². The molecule has 0 aromatic carbocycles. The molecule has 0 amide bonds. The highest BCUT2D eigenvalue weighted by molar-refractivity contribution is 4.94. The van der Waals surface area contributed by atoms with Crippen LogP contribution in [-0.2, 0) is 6.54 Å². The van der Waals surface area contributed by atoms with Crippen molar-refractivity contribution in [3.63, 3.8) is 0 Å². The van der Waals surface area contributed by atoms with Crippen molar-refractivity contribution in [2.24, 2.45) is 5.92 Å². The van der Waals surface area contributed by atoms with E-state index in [1.54, 1.807) is 0 Å². The molecule has 18 heavy (non-hydrogen) atoms. The number of hydrogen-bond donors (Lipinski definition) is 1. The first kappa shape index (κ1) is 13.5. The highest BCUT2D eigenvalue weighted by Gasteiger charge is 2.20. The van der Waals surface area contributed by atoms with Crippen LogP contribution in [0.5, 0.6) is 0 Å². The Kier molecular flexibility index (Phi) is 4.05. The van der Waals surface area contributed by atoms with Crippen LogP contribution in [0.1, 0.15) is 65.1 Å². The zero-order chi connectivity index (χ0) is 13.2. The van der Waals surface area contributed by atoms with Gasteiger partial charge in [-0.05, 0) is 52.4 Å². The molecule has 0 saturated heterocycles. The second kappa shape index (κ2) is 5.39. The fourth-order valence-electron chi connectivity index (χ4n) is 2.44. The van der Waals surface area contributed by atoms with Gasteiger partial charge in [-0.2, -0.15) is 0 Å². The standard InChI is InChI=1S/C14H26N4/c1-11-5-7-13(8-6-11)18-10-12(16-17-18)9-15-14(2,3)4/h10-11,13,15H,5-9H2,1-4H3. The summed E-state index contributed by atoms with van der Waals surface area (Å²) in [6.45, 7) is 9.64. The van der Waals surface area contributed by atoms with Crippen molar-refractivity contribution in [3.8, 4) is 0 Å². The minimum absolute atomic E-state index is 0.129. The molecule has 1 aromatic rings. The first-order valence-electron chi connectivity index (χ1n) is 7.10. The zero-order valence-electron chi connectivity index (χ0n) is 12.1. The molecule has 0 unspecified atom stereocenters. The average molecular weight is 250 g/mol. The molecule has 1 fully saturated rings. The van der Waals surface area contributed by atoms with E-state index in [0.717, 1.165) is 18.2 Å². The van der Waals surface area contributed by atoms with E-state index in [1.807, 2.05) is 0 Å². The molecule has 4 nitrogen and oxygen atoms in total. The van der Waals surface area contributed by atoms with Gasteiger partial charge in [0.15, 0.2) is 0 Å². The molecular formula is C14H26N4. The number of hydrogen-bond acceptors (Lipinski definition) is 3. The maximum absolute atomic E-state index is 4.29. The average Bonchev–Trinajstić information content (AvgIpc) is 2.75. The van der Waals surface area contributed by atoms with Crippen molar-refractivity contribution in [3.05, 3.63) is 11.9 Å². The number of nitrogens with one attached hydrogen (secondary N) is 1. The number of rotatable bonds is 3. The molecule has 1 aliphatic rings. The third-order valence-electron chi connectivity index (χ3n) is 3.72. The lowest BCUT2D eigenvalue weighted by atomic mass is 9.87. The van der Waals surface area contributed by atoms with Crippen molar-refractivity contribution in [2.75, 3.05) is 0 Å². The highest BCUT2D eigenvalue weighted by atomic mass is 15.4. The summed E-state index contributed by atoms with van der Waals surface area (Å²) >= 11 is 0. The molecule has 102 valence electrons. The zero-order valence-corrected chi connectivity index (χ0v) is 12.1. The Balaban J connectivity index is 1.90. The molecule has 0 spiro atoms. The fourth-order valence-corrected chi connectivity index (χ4v) is 2.44. The van der Waals surface area contributed by atoms with Crippen molar-refractivity contribution in [2.45, 2.75) is 71.5 Å². The van der Waals surface area contributed by atoms with Gasteiger partial charge in [0, 0.05) is 12.1 Å². The van der Waals surface area contributed by atoms with Gasteiger partial charge >= 0.3 is 0 Å². The molecule has 0 radical (unpaired) electrons. The smallest absolute Gasteiger partial charge is 0.0965 e. The van der Waals surface area contributed by atoms with Crippen molar-refractivity contribution >= 4 is 0 Å². The van der Waals surface area contributed by atoms with Crippen LogP contribution in [0.15, 0.2) is 6.20 Å². The highest BCUT2D eigenvalue weighted by Crippen LogP contribution is 2.31. The molecule has 1 saturated carbocycles. The van der Waals surface area contributed by atoms with Gasteiger partial charge in [0.1, 0.15) is 0 Å². The van der Waals surface area contributed by atoms with Crippen LogP contribution < -0.4 is 5.32 Å². The molecule has 0 aliphatic heterocycles.